The van der Waals surface area contributed by atoms with Crippen molar-refractivity contribution in [2.75, 3.05) is 6.61 Å². The molecule has 4 nitrogen and oxygen atoms in total. The second-order valence-electron chi connectivity index (χ2n) is 7.71. The van der Waals surface area contributed by atoms with Gasteiger partial charge in [-0.1, -0.05) is 43.0 Å². The number of carbonyl (C=O) groups is 2. The number of unbranched alkanes of at least 4 members (excludes halogenated alkanes) is 1. The van der Waals surface area contributed by atoms with Gasteiger partial charge < -0.3 is 10.5 Å². The normalized spacial score (nSPS) is 22.7. The Morgan fingerprint density at radius 3 is 2.62 bits per heavy atom. The molecule has 1 atom stereocenters. The summed E-state index contributed by atoms with van der Waals surface area (Å²) in [5.41, 5.74) is 6.26. The van der Waals surface area contributed by atoms with E-state index in [9.17, 15) is 9.59 Å². The second-order valence-corrected chi connectivity index (χ2v) is 8.47. The number of rotatable bonds is 7. The van der Waals surface area contributed by atoms with Crippen LogP contribution in [0.15, 0.2) is 6.07 Å². The van der Waals surface area contributed by atoms with Gasteiger partial charge in [-0.3, -0.25) is 9.59 Å². The number of hydrogen-bond acceptors (Lipinski definition) is 3. The molecule has 1 fully saturated rings. The third kappa shape index (κ3) is 3.59. The molecular formula is C20H25Cl2NO3. The van der Waals surface area contributed by atoms with E-state index in [4.69, 9.17) is 33.7 Å². The number of benzene rings is 1. The van der Waals surface area contributed by atoms with Crippen LogP contribution < -0.4 is 10.5 Å². The molecule has 0 aliphatic heterocycles. The van der Waals surface area contributed by atoms with Crippen molar-refractivity contribution in [1.29, 1.82) is 0 Å². The van der Waals surface area contributed by atoms with E-state index >= 15 is 0 Å². The molecule has 1 aromatic carbocycles. The molecule has 1 unspecified atom stereocenters. The Bertz CT molecular complexity index is 728. The van der Waals surface area contributed by atoms with E-state index in [1.54, 1.807) is 0 Å². The van der Waals surface area contributed by atoms with Crippen LogP contribution in [0.1, 0.15) is 67.8 Å². The first-order valence-electron chi connectivity index (χ1n) is 9.31. The first-order chi connectivity index (χ1) is 12.3. The van der Waals surface area contributed by atoms with Crippen molar-refractivity contribution in [2.24, 2.45) is 17.1 Å². The number of Topliss-reactive ketones (excluding diaryl/α,β-unsaturated/α-hetero) is 1. The van der Waals surface area contributed by atoms with E-state index in [-0.39, 0.29) is 17.1 Å². The molecule has 2 aliphatic carbocycles. The highest BCUT2D eigenvalue weighted by atomic mass is 35.5. The summed E-state index contributed by atoms with van der Waals surface area (Å²) in [6, 6.07) is 1.87. The third-order valence-electron chi connectivity index (χ3n) is 5.89. The molecule has 3 rings (SSSR count). The number of carbonyl (C=O) groups excluding carboxylic acids is 2. The highest BCUT2D eigenvalue weighted by Gasteiger charge is 2.49. The molecule has 0 saturated heterocycles. The number of halogens is 2. The smallest absolute Gasteiger partial charge is 0.217 e. The van der Waals surface area contributed by atoms with E-state index in [1.165, 1.54) is 12.8 Å². The zero-order valence-corrected chi connectivity index (χ0v) is 16.6. The SMILES string of the molecule is CC1(C2CCCC2)Cc2cc(OCCCCC(N)=O)c(Cl)c(Cl)c2C1=O. The second kappa shape index (κ2) is 7.77. The lowest BCUT2D eigenvalue weighted by Gasteiger charge is -2.29. The highest BCUT2D eigenvalue weighted by Crippen LogP contribution is 2.52. The van der Waals surface area contributed by atoms with E-state index in [0.717, 1.165) is 18.4 Å². The minimum absolute atomic E-state index is 0.124. The minimum atomic E-state index is -0.383. The van der Waals surface area contributed by atoms with Crippen molar-refractivity contribution in [3.05, 3.63) is 27.2 Å². The fraction of sp³-hybridized carbons (Fsp3) is 0.600. The molecule has 0 aromatic heterocycles. The van der Waals surface area contributed by atoms with E-state index in [1.807, 2.05) is 6.07 Å². The van der Waals surface area contributed by atoms with Crippen LogP contribution in [0.3, 0.4) is 0 Å². The molecule has 2 aliphatic rings. The molecule has 6 heteroatoms. The van der Waals surface area contributed by atoms with Gasteiger partial charge in [0.1, 0.15) is 10.8 Å². The number of fused-ring (bicyclic) bond motifs is 1. The zero-order chi connectivity index (χ0) is 18.9. The highest BCUT2D eigenvalue weighted by molar-refractivity contribution is 6.45. The Morgan fingerprint density at radius 2 is 1.96 bits per heavy atom. The maximum absolute atomic E-state index is 13.1. The van der Waals surface area contributed by atoms with Gasteiger partial charge >= 0.3 is 0 Å². The lowest BCUT2D eigenvalue weighted by Crippen LogP contribution is -2.32. The number of hydrogen-bond donors (Lipinski definition) is 1. The van der Waals surface area contributed by atoms with Crippen LogP contribution in [0.4, 0.5) is 0 Å². The summed E-state index contributed by atoms with van der Waals surface area (Å²) < 4.78 is 5.77. The van der Waals surface area contributed by atoms with Crippen molar-refractivity contribution >= 4 is 34.9 Å². The van der Waals surface area contributed by atoms with Crippen LogP contribution in [-0.2, 0) is 11.2 Å². The molecule has 1 saturated carbocycles. The Labute approximate surface area is 164 Å². The number of primary amides is 1. The van der Waals surface area contributed by atoms with Crippen molar-refractivity contribution < 1.29 is 14.3 Å². The van der Waals surface area contributed by atoms with Crippen LogP contribution in [0.25, 0.3) is 0 Å². The quantitative estimate of drug-likeness (QED) is 0.660. The molecular weight excluding hydrogens is 373 g/mol. The minimum Gasteiger partial charge on any atom is -0.492 e. The van der Waals surface area contributed by atoms with Crippen LogP contribution in [0.2, 0.25) is 10.0 Å². The monoisotopic (exact) mass is 397 g/mol. The summed E-state index contributed by atoms with van der Waals surface area (Å²) in [6.07, 6.45) is 7.00. The van der Waals surface area contributed by atoms with Gasteiger partial charge in [0, 0.05) is 17.4 Å². The Morgan fingerprint density at radius 1 is 1.27 bits per heavy atom. The molecule has 1 aromatic rings. The van der Waals surface area contributed by atoms with Gasteiger partial charge in [-0.15, -0.1) is 0 Å². The van der Waals surface area contributed by atoms with Crippen LogP contribution >= 0.6 is 23.2 Å². The lowest BCUT2D eigenvalue weighted by molar-refractivity contribution is -0.118. The van der Waals surface area contributed by atoms with Crippen molar-refractivity contribution in [2.45, 2.75) is 58.3 Å². The topological polar surface area (TPSA) is 69.4 Å². The molecule has 0 spiro atoms. The standard InChI is InChI=1S/C20H25Cl2NO3/c1-20(13-6-2-3-7-13)11-12-10-14(26-9-5-4-8-15(23)24)17(21)18(22)16(12)19(20)25/h10,13H,2-9,11H2,1H3,(H2,23,24). The first-order valence-corrected chi connectivity index (χ1v) is 10.1. The van der Waals surface area contributed by atoms with E-state index in [2.05, 4.69) is 6.92 Å². The van der Waals surface area contributed by atoms with Gasteiger partial charge in [0.2, 0.25) is 5.91 Å². The number of nitrogens with two attached hydrogens (primary N) is 1. The summed E-state index contributed by atoms with van der Waals surface area (Å²) in [5, 5.41) is 0.604. The summed E-state index contributed by atoms with van der Waals surface area (Å²) >= 11 is 12.8. The van der Waals surface area contributed by atoms with Gasteiger partial charge in [-0.05, 0) is 49.7 Å². The molecule has 0 heterocycles. The van der Waals surface area contributed by atoms with Crippen LogP contribution in [-0.4, -0.2) is 18.3 Å². The van der Waals surface area contributed by atoms with Crippen LogP contribution in [0, 0.1) is 11.3 Å². The molecule has 1 amide bonds. The third-order valence-corrected chi connectivity index (χ3v) is 6.74. The number of ketones is 1. The lowest BCUT2D eigenvalue weighted by atomic mass is 9.73. The predicted molar refractivity (Wildman–Crippen MR) is 103 cm³/mol. The zero-order valence-electron chi connectivity index (χ0n) is 15.1. The van der Waals surface area contributed by atoms with Crippen molar-refractivity contribution in [3.8, 4) is 5.75 Å². The molecule has 26 heavy (non-hydrogen) atoms. The Kier molecular flexibility index (Phi) is 5.83. The number of amides is 1. The summed E-state index contributed by atoms with van der Waals surface area (Å²) in [5.74, 6) is 0.737. The summed E-state index contributed by atoms with van der Waals surface area (Å²) in [6.45, 7) is 2.50. The van der Waals surface area contributed by atoms with E-state index in [0.29, 0.717) is 59.6 Å². The average Bonchev–Trinajstić information content (AvgIpc) is 3.20. The fourth-order valence-electron chi connectivity index (χ4n) is 4.38. The maximum Gasteiger partial charge on any atom is 0.217 e. The Hall–Kier alpha value is -1.26. The largest absolute Gasteiger partial charge is 0.492 e. The Balaban J connectivity index is 1.76. The molecule has 2 N–H and O–H groups in total. The van der Waals surface area contributed by atoms with Gasteiger partial charge in [0.25, 0.3) is 0 Å². The first kappa shape index (κ1) is 19.5. The molecule has 0 radical (unpaired) electrons. The summed E-state index contributed by atoms with van der Waals surface area (Å²) in [4.78, 5) is 23.9. The van der Waals surface area contributed by atoms with Gasteiger partial charge in [0.15, 0.2) is 5.78 Å². The molecule has 0 bridgehead atoms. The van der Waals surface area contributed by atoms with Gasteiger partial charge in [-0.2, -0.15) is 0 Å². The number of ether oxygens (including phenoxy) is 1. The van der Waals surface area contributed by atoms with Gasteiger partial charge in [0.05, 0.1) is 11.6 Å². The average molecular weight is 398 g/mol. The van der Waals surface area contributed by atoms with Crippen molar-refractivity contribution in [3.63, 3.8) is 0 Å². The maximum atomic E-state index is 13.1. The van der Waals surface area contributed by atoms with Gasteiger partial charge in [-0.25, -0.2) is 0 Å². The van der Waals surface area contributed by atoms with E-state index < -0.39 is 0 Å². The predicted octanol–water partition coefficient (Wildman–Crippen LogP) is 4.96. The summed E-state index contributed by atoms with van der Waals surface area (Å²) in [7, 11) is 0. The fourth-order valence-corrected chi connectivity index (χ4v) is 4.88. The molecule has 142 valence electrons. The van der Waals surface area contributed by atoms with Crippen molar-refractivity contribution in [1.82, 2.24) is 0 Å². The van der Waals surface area contributed by atoms with Crippen LogP contribution in [0.5, 0.6) is 5.75 Å².